The van der Waals surface area contributed by atoms with E-state index in [-0.39, 0.29) is 12.5 Å². The number of carboxylic acid groups (broad SMARTS) is 1. The van der Waals surface area contributed by atoms with E-state index in [1.54, 1.807) is 4.90 Å². The molecular formula is C12H22N2O3. The van der Waals surface area contributed by atoms with Gasteiger partial charge in [0.05, 0.1) is 0 Å². The number of aliphatic carboxylic acids is 1. The molecule has 1 heterocycles. The van der Waals surface area contributed by atoms with Gasteiger partial charge in [-0.1, -0.05) is 19.8 Å². The Morgan fingerprint density at radius 3 is 2.88 bits per heavy atom. The number of carboxylic acids is 1. The topological polar surface area (TPSA) is 83.6 Å². The molecule has 3 N–H and O–H groups in total. The largest absolute Gasteiger partial charge is 0.480 e. The maximum absolute atomic E-state index is 11.8. The molecule has 98 valence electrons. The first kappa shape index (κ1) is 14.0. The fourth-order valence-corrected chi connectivity index (χ4v) is 2.30. The molecule has 1 amide bonds. The summed E-state index contributed by atoms with van der Waals surface area (Å²) in [5.74, 6) is -0.414. The van der Waals surface area contributed by atoms with E-state index in [4.69, 9.17) is 10.8 Å². The first-order chi connectivity index (χ1) is 8.04. The van der Waals surface area contributed by atoms with Gasteiger partial charge in [-0.25, -0.2) is 0 Å². The average Bonchev–Trinajstić information content (AvgIpc) is 2.44. The van der Waals surface area contributed by atoms with Crippen molar-refractivity contribution in [2.24, 2.45) is 11.7 Å². The maximum Gasteiger partial charge on any atom is 0.322 e. The molecule has 0 aliphatic carbocycles. The molecular weight excluding hydrogens is 220 g/mol. The SMILES string of the molecule is CCCC1CCC(=O)N(CC(N)C(=O)O)CC1. The molecule has 1 rings (SSSR count). The van der Waals surface area contributed by atoms with E-state index in [0.29, 0.717) is 18.9 Å². The summed E-state index contributed by atoms with van der Waals surface area (Å²) in [6.45, 7) is 2.92. The van der Waals surface area contributed by atoms with Gasteiger partial charge in [0.15, 0.2) is 0 Å². The predicted octanol–water partition coefficient (Wildman–Crippen LogP) is 0.827. The summed E-state index contributed by atoms with van der Waals surface area (Å²) in [5, 5.41) is 8.74. The Bertz CT molecular complexity index is 281. The number of rotatable bonds is 5. The molecule has 1 saturated heterocycles. The third kappa shape index (κ3) is 4.34. The molecule has 0 spiro atoms. The lowest BCUT2D eigenvalue weighted by molar-refractivity contribution is -0.140. The second kappa shape index (κ2) is 6.59. The van der Waals surface area contributed by atoms with Gasteiger partial charge in [-0.15, -0.1) is 0 Å². The summed E-state index contributed by atoms with van der Waals surface area (Å²) in [5.41, 5.74) is 5.46. The van der Waals surface area contributed by atoms with E-state index in [0.717, 1.165) is 25.7 Å². The number of hydrogen-bond donors (Lipinski definition) is 2. The van der Waals surface area contributed by atoms with Crippen molar-refractivity contribution in [1.82, 2.24) is 4.90 Å². The van der Waals surface area contributed by atoms with Crippen LogP contribution in [0.5, 0.6) is 0 Å². The van der Waals surface area contributed by atoms with Gasteiger partial charge < -0.3 is 15.7 Å². The molecule has 0 aromatic rings. The van der Waals surface area contributed by atoms with Crippen LogP contribution in [0.1, 0.15) is 39.0 Å². The number of carbonyl (C=O) groups is 2. The van der Waals surface area contributed by atoms with Crippen LogP contribution in [0.15, 0.2) is 0 Å². The minimum absolute atomic E-state index is 0.0419. The summed E-state index contributed by atoms with van der Waals surface area (Å²) in [6.07, 6.45) is 4.69. The highest BCUT2D eigenvalue weighted by molar-refractivity contribution is 5.78. The van der Waals surface area contributed by atoms with Gasteiger partial charge in [0.1, 0.15) is 6.04 Å². The van der Waals surface area contributed by atoms with E-state index in [9.17, 15) is 9.59 Å². The van der Waals surface area contributed by atoms with Crippen molar-refractivity contribution in [3.63, 3.8) is 0 Å². The fourth-order valence-electron chi connectivity index (χ4n) is 2.30. The van der Waals surface area contributed by atoms with Gasteiger partial charge in [0.25, 0.3) is 0 Å². The number of hydrogen-bond acceptors (Lipinski definition) is 3. The molecule has 0 aromatic heterocycles. The summed E-state index contributed by atoms with van der Waals surface area (Å²) in [7, 11) is 0. The van der Waals surface area contributed by atoms with Crippen LogP contribution in [0.25, 0.3) is 0 Å². The summed E-state index contributed by atoms with van der Waals surface area (Å²) < 4.78 is 0. The molecule has 2 unspecified atom stereocenters. The van der Waals surface area contributed by atoms with Crippen LogP contribution < -0.4 is 5.73 Å². The third-order valence-corrected chi connectivity index (χ3v) is 3.36. The first-order valence-corrected chi connectivity index (χ1v) is 6.30. The van der Waals surface area contributed by atoms with Gasteiger partial charge in [0.2, 0.25) is 5.91 Å². The normalized spacial score (nSPS) is 23.3. The van der Waals surface area contributed by atoms with Crippen molar-refractivity contribution in [3.05, 3.63) is 0 Å². The van der Waals surface area contributed by atoms with Crippen molar-refractivity contribution in [1.29, 1.82) is 0 Å². The van der Waals surface area contributed by atoms with Crippen molar-refractivity contribution in [3.8, 4) is 0 Å². The Morgan fingerprint density at radius 1 is 1.59 bits per heavy atom. The van der Waals surface area contributed by atoms with Crippen molar-refractivity contribution in [2.45, 2.75) is 45.1 Å². The van der Waals surface area contributed by atoms with E-state index >= 15 is 0 Å². The smallest absolute Gasteiger partial charge is 0.322 e. The molecule has 5 heteroatoms. The van der Waals surface area contributed by atoms with Crippen LogP contribution in [-0.4, -0.2) is 41.0 Å². The predicted molar refractivity (Wildman–Crippen MR) is 64.4 cm³/mol. The van der Waals surface area contributed by atoms with Gasteiger partial charge in [-0.3, -0.25) is 9.59 Å². The Hall–Kier alpha value is -1.10. The number of likely N-dealkylation sites (tertiary alicyclic amines) is 1. The standard InChI is InChI=1S/C12H22N2O3/c1-2-3-9-4-5-11(15)14(7-6-9)8-10(13)12(16)17/h9-10H,2-8,13H2,1H3,(H,16,17). The van der Waals surface area contributed by atoms with E-state index in [1.165, 1.54) is 0 Å². The van der Waals surface area contributed by atoms with E-state index < -0.39 is 12.0 Å². The lowest BCUT2D eigenvalue weighted by Gasteiger charge is -2.22. The van der Waals surface area contributed by atoms with Gasteiger partial charge in [0, 0.05) is 19.5 Å². The van der Waals surface area contributed by atoms with Crippen LogP contribution in [0.2, 0.25) is 0 Å². The maximum atomic E-state index is 11.8. The van der Waals surface area contributed by atoms with Gasteiger partial charge >= 0.3 is 5.97 Å². The van der Waals surface area contributed by atoms with Crippen molar-refractivity contribution >= 4 is 11.9 Å². The zero-order valence-corrected chi connectivity index (χ0v) is 10.4. The highest BCUT2D eigenvalue weighted by Crippen LogP contribution is 2.22. The molecule has 5 nitrogen and oxygen atoms in total. The molecule has 0 radical (unpaired) electrons. The van der Waals surface area contributed by atoms with Crippen LogP contribution in [0, 0.1) is 5.92 Å². The quantitative estimate of drug-likeness (QED) is 0.748. The van der Waals surface area contributed by atoms with Crippen LogP contribution in [0.3, 0.4) is 0 Å². The minimum Gasteiger partial charge on any atom is -0.480 e. The Labute approximate surface area is 102 Å². The molecule has 0 saturated carbocycles. The number of carbonyl (C=O) groups excluding carboxylic acids is 1. The van der Waals surface area contributed by atoms with Crippen molar-refractivity contribution < 1.29 is 14.7 Å². The molecule has 17 heavy (non-hydrogen) atoms. The molecule has 1 aliphatic heterocycles. The Balaban J connectivity index is 2.50. The van der Waals surface area contributed by atoms with Crippen molar-refractivity contribution in [2.75, 3.05) is 13.1 Å². The average molecular weight is 242 g/mol. The fraction of sp³-hybridized carbons (Fsp3) is 0.833. The molecule has 1 aliphatic rings. The summed E-state index contributed by atoms with van der Waals surface area (Å²) >= 11 is 0. The molecule has 2 atom stereocenters. The number of nitrogens with two attached hydrogens (primary N) is 1. The second-order valence-corrected chi connectivity index (χ2v) is 4.77. The lowest BCUT2D eigenvalue weighted by Crippen LogP contribution is -2.45. The first-order valence-electron chi connectivity index (χ1n) is 6.30. The summed E-state index contributed by atoms with van der Waals surface area (Å²) in [6, 6.07) is -0.971. The number of nitrogens with zero attached hydrogens (tertiary/aromatic N) is 1. The summed E-state index contributed by atoms with van der Waals surface area (Å²) in [4.78, 5) is 24.1. The highest BCUT2D eigenvalue weighted by Gasteiger charge is 2.25. The minimum atomic E-state index is -1.05. The lowest BCUT2D eigenvalue weighted by atomic mass is 9.96. The van der Waals surface area contributed by atoms with Gasteiger partial charge in [-0.2, -0.15) is 0 Å². The zero-order chi connectivity index (χ0) is 12.8. The number of amides is 1. The van der Waals surface area contributed by atoms with Crippen LogP contribution >= 0.6 is 0 Å². The molecule has 0 bridgehead atoms. The molecule has 0 aromatic carbocycles. The second-order valence-electron chi connectivity index (χ2n) is 4.77. The van der Waals surface area contributed by atoms with Crippen LogP contribution in [-0.2, 0) is 9.59 Å². The van der Waals surface area contributed by atoms with E-state index in [1.807, 2.05) is 0 Å². The third-order valence-electron chi connectivity index (χ3n) is 3.36. The zero-order valence-electron chi connectivity index (χ0n) is 10.4. The van der Waals surface area contributed by atoms with E-state index in [2.05, 4.69) is 6.92 Å². The van der Waals surface area contributed by atoms with Crippen LogP contribution in [0.4, 0.5) is 0 Å². The highest BCUT2D eigenvalue weighted by atomic mass is 16.4. The monoisotopic (exact) mass is 242 g/mol. The van der Waals surface area contributed by atoms with Gasteiger partial charge in [-0.05, 0) is 18.8 Å². The molecule has 1 fully saturated rings. The Morgan fingerprint density at radius 2 is 2.29 bits per heavy atom. The Kier molecular flexibility index (Phi) is 5.41.